The van der Waals surface area contributed by atoms with Crippen molar-refractivity contribution in [2.24, 2.45) is 0 Å². The predicted octanol–water partition coefficient (Wildman–Crippen LogP) is 6.34. The van der Waals surface area contributed by atoms with Crippen molar-refractivity contribution in [2.75, 3.05) is 12.3 Å². The summed E-state index contributed by atoms with van der Waals surface area (Å²) in [5, 5.41) is 13.3. The molecule has 0 saturated carbocycles. The van der Waals surface area contributed by atoms with Gasteiger partial charge in [-0.25, -0.2) is 0 Å². The van der Waals surface area contributed by atoms with Crippen LogP contribution in [0.4, 0.5) is 0 Å². The van der Waals surface area contributed by atoms with Gasteiger partial charge in [0.1, 0.15) is 0 Å². The van der Waals surface area contributed by atoms with Gasteiger partial charge >= 0.3 is 0 Å². The molecule has 0 aliphatic carbocycles. The largest absolute Gasteiger partial charge is 0.355 e. The molecule has 0 aliphatic heterocycles. The average Bonchev–Trinajstić information content (AvgIpc) is 3.18. The van der Waals surface area contributed by atoms with E-state index in [0.717, 1.165) is 29.7 Å². The van der Waals surface area contributed by atoms with E-state index in [1.54, 1.807) is 12.1 Å². The Labute approximate surface area is 197 Å². The molecule has 5 nitrogen and oxygen atoms in total. The van der Waals surface area contributed by atoms with Crippen molar-refractivity contribution in [3.05, 3.63) is 58.1 Å². The third-order valence-corrected chi connectivity index (χ3v) is 6.46. The van der Waals surface area contributed by atoms with Crippen molar-refractivity contribution < 1.29 is 4.79 Å². The van der Waals surface area contributed by atoms with Crippen LogP contribution in [0.25, 0.3) is 17.1 Å². The lowest BCUT2D eigenvalue weighted by atomic mass is 10.1. The highest BCUT2D eigenvalue weighted by Crippen LogP contribution is 2.31. The maximum Gasteiger partial charge on any atom is 0.230 e. The quantitative estimate of drug-likeness (QED) is 0.274. The number of aryl methyl sites for hydroxylation is 1. The Morgan fingerprint density at radius 3 is 2.52 bits per heavy atom. The van der Waals surface area contributed by atoms with E-state index in [0.29, 0.717) is 27.6 Å². The van der Waals surface area contributed by atoms with E-state index in [-0.39, 0.29) is 11.7 Å². The molecular weight excluding hydrogens is 451 g/mol. The molecule has 0 radical (unpaired) electrons. The molecule has 1 heterocycles. The summed E-state index contributed by atoms with van der Waals surface area (Å²) in [7, 11) is 0. The molecule has 1 N–H and O–H groups in total. The van der Waals surface area contributed by atoms with Crippen LogP contribution in [-0.4, -0.2) is 33.0 Å². The van der Waals surface area contributed by atoms with Crippen LogP contribution >= 0.6 is 35.0 Å². The Kier molecular flexibility index (Phi) is 8.81. The van der Waals surface area contributed by atoms with Crippen molar-refractivity contribution in [3.63, 3.8) is 0 Å². The Bertz CT molecular complexity index is 1020. The first-order valence-corrected chi connectivity index (χ1v) is 12.1. The average molecular weight is 477 g/mol. The number of benzene rings is 2. The van der Waals surface area contributed by atoms with Gasteiger partial charge in [0.05, 0.1) is 21.5 Å². The number of nitrogens with zero attached hydrogens (tertiary/aromatic N) is 3. The standard InChI is InChI=1S/C23H26Cl2N4OS/c1-3-4-5-6-13-26-21(30)15-31-23-28-27-22(17-9-7-16(2)8-10-17)29(23)18-11-12-19(24)20(25)14-18/h7-12,14H,3-6,13,15H2,1-2H3,(H,26,30). The van der Waals surface area contributed by atoms with E-state index in [1.807, 2.05) is 41.8 Å². The molecule has 0 saturated heterocycles. The second kappa shape index (κ2) is 11.6. The zero-order valence-electron chi connectivity index (χ0n) is 17.7. The number of halogens is 2. The normalized spacial score (nSPS) is 11.0. The molecule has 8 heteroatoms. The van der Waals surface area contributed by atoms with E-state index in [1.165, 1.54) is 24.6 Å². The highest BCUT2D eigenvalue weighted by Gasteiger charge is 2.18. The Morgan fingerprint density at radius 2 is 1.81 bits per heavy atom. The van der Waals surface area contributed by atoms with Gasteiger partial charge in [-0.05, 0) is 31.5 Å². The van der Waals surface area contributed by atoms with Crippen molar-refractivity contribution in [1.82, 2.24) is 20.1 Å². The summed E-state index contributed by atoms with van der Waals surface area (Å²) in [6.45, 7) is 4.91. The third kappa shape index (κ3) is 6.48. The smallest absolute Gasteiger partial charge is 0.230 e. The highest BCUT2D eigenvalue weighted by molar-refractivity contribution is 7.99. The number of carbonyl (C=O) groups is 1. The number of unbranched alkanes of at least 4 members (excludes halogenated alkanes) is 3. The zero-order chi connectivity index (χ0) is 22.2. The van der Waals surface area contributed by atoms with Gasteiger partial charge in [0.2, 0.25) is 5.91 Å². The fraction of sp³-hybridized carbons (Fsp3) is 0.348. The van der Waals surface area contributed by atoms with E-state index < -0.39 is 0 Å². The number of carbonyl (C=O) groups excluding carboxylic acids is 1. The second-order valence-electron chi connectivity index (χ2n) is 7.31. The van der Waals surface area contributed by atoms with Crippen molar-refractivity contribution in [2.45, 2.75) is 44.7 Å². The molecule has 0 unspecified atom stereocenters. The van der Waals surface area contributed by atoms with Gasteiger partial charge in [-0.3, -0.25) is 9.36 Å². The minimum Gasteiger partial charge on any atom is -0.355 e. The van der Waals surface area contributed by atoms with Gasteiger partial charge in [0.15, 0.2) is 11.0 Å². The number of amides is 1. The van der Waals surface area contributed by atoms with Crippen LogP contribution in [0.3, 0.4) is 0 Å². The van der Waals surface area contributed by atoms with Gasteiger partial charge < -0.3 is 5.32 Å². The lowest BCUT2D eigenvalue weighted by molar-refractivity contribution is -0.118. The number of thioether (sulfide) groups is 1. The van der Waals surface area contributed by atoms with E-state index >= 15 is 0 Å². The molecule has 0 fully saturated rings. The van der Waals surface area contributed by atoms with E-state index in [9.17, 15) is 4.79 Å². The van der Waals surface area contributed by atoms with Gasteiger partial charge in [-0.2, -0.15) is 0 Å². The molecule has 0 aliphatic rings. The highest BCUT2D eigenvalue weighted by atomic mass is 35.5. The monoisotopic (exact) mass is 476 g/mol. The van der Waals surface area contributed by atoms with Gasteiger partial charge in [-0.15, -0.1) is 10.2 Å². The van der Waals surface area contributed by atoms with Crippen molar-refractivity contribution in [1.29, 1.82) is 0 Å². The summed E-state index contributed by atoms with van der Waals surface area (Å²) in [6.07, 6.45) is 4.51. The van der Waals surface area contributed by atoms with Crippen LogP contribution < -0.4 is 5.32 Å². The van der Waals surface area contributed by atoms with Crippen LogP contribution in [0.2, 0.25) is 10.0 Å². The lowest BCUT2D eigenvalue weighted by Crippen LogP contribution is -2.26. The molecular formula is C23H26Cl2N4OS. The number of aromatic nitrogens is 3. The first kappa shape index (κ1) is 23.6. The van der Waals surface area contributed by atoms with Gasteiger partial charge in [-0.1, -0.05) is 91.0 Å². The Balaban J connectivity index is 1.80. The second-order valence-corrected chi connectivity index (χ2v) is 9.06. The summed E-state index contributed by atoms with van der Waals surface area (Å²) in [6, 6.07) is 13.5. The van der Waals surface area contributed by atoms with E-state index in [2.05, 4.69) is 22.4 Å². The summed E-state index contributed by atoms with van der Waals surface area (Å²) < 4.78 is 1.91. The number of hydrogen-bond donors (Lipinski definition) is 1. The molecule has 0 spiro atoms. The minimum atomic E-state index is -0.0120. The molecule has 0 atom stereocenters. The van der Waals surface area contributed by atoms with Crippen LogP contribution in [0.5, 0.6) is 0 Å². The van der Waals surface area contributed by atoms with Crippen molar-refractivity contribution >= 4 is 40.9 Å². The summed E-state index contributed by atoms with van der Waals surface area (Å²) in [4.78, 5) is 12.3. The zero-order valence-corrected chi connectivity index (χ0v) is 20.0. The van der Waals surface area contributed by atoms with Gasteiger partial charge in [0, 0.05) is 12.1 Å². The molecule has 164 valence electrons. The summed E-state index contributed by atoms with van der Waals surface area (Å²) in [5.74, 6) is 0.934. The fourth-order valence-electron chi connectivity index (χ4n) is 3.07. The molecule has 1 aromatic heterocycles. The summed E-state index contributed by atoms with van der Waals surface area (Å²) in [5.41, 5.74) is 2.88. The SMILES string of the molecule is CCCCCCNC(=O)CSc1nnc(-c2ccc(C)cc2)n1-c1ccc(Cl)c(Cl)c1. The first-order chi connectivity index (χ1) is 15.0. The number of hydrogen-bond acceptors (Lipinski definition) is 4. The lowest BCUT2D eigenvalue weighted by Gasteiger charge is -2.11. The topological polar surface area (TPSA) is 59.8 Å². The molecule has 2 aromatic carbocycles. The predicted molar refractivity (Wildman–Crippen MR) is 129 cm³/mol. The molecule has 31 heavy (non-hydrogen) atoms. The molecule has 1 amide bonds. The number of nitrogens with one attached hydrogen (secondary N) is 1. The van der Waals surface area contributed by atoms with Crippen LogP contribution in [0.15, 0.2) is 47.6 Å². The maximum absolute atomic E-state index is 12.3. The molecule has 3 rings (SSSR count). The van der Waals surface area contributed by atoms with Crippen LogP contribution in [0.1, 0.15) is 38.2 Å². The van der Waals surface area contributed by atoms with Crippen molar-refractivity contribution in [3.8, 4) is 17.1 Å². The summed E-state index contributed by atoms with van der Waals surface area (Å²) >= 11 is 13.7. The maximum atomic E-state index is 12.3. The number of rotatable bonds is 10. The van der Waals surface area contributed by atoms with Gasteiger partial charge in [0.25, 0.3) is 0 Å². The van der Waals surface area contributed by atoms with Crippen LogP contribution in [-0.2, 0) is 4.79 Å². The fourth-order valence-corrected chi connectivity index (χ4v) is 4.14. The Hall–Kier alpha value is -2.02. The van der Waals surface area contributed by atoms with Crippen LogP contribution in [0, 0.1) is 6.92 Å². The first-order valence-electron chi connectivity index (χ1n) is 10.4. The molecule has 3 aromatic rings. The molecule has 0 bridgehead atoms. The Morgan fingerprint density at radius 1 is 1.03 bits per heavy atom. The minimum absolute atomic E-state index is 0.0120. The third-order valence-electron chi connectivity index (χ3n) is 4.79. The van der Waals surface area contributed by atoms with E-state index in [4.69, 9.17) is 23.2 Å².